The number of alkyl halides is 1. The summed E-state index contributed by atoms with van der Waals surface area (Å²) in [5.41, 5.74) is 1.27. The molecule has 1 saturated heterocycles. The summed E-state index contributed by atoms with van der Waals surface area (Å²) >= 11 is 0. The van der Waals surface area contributed by atoms with Crippen LogP contribution in [0.1, 0.15) is 36.8 Å². The molecule has 3 aromatic rings. The van der Waals surface area contributed by atoms with Crippen molar-refractivity contribution in [1.82, 2.24) is 14.9 Å². The van der Waals surface area contributed by atoms with E-state index < -0.39 is 18.1 Å². The van der Waals surface area contributed by atoms with Crippen molar-refractivity contribution in [2.45, 2.75) is 25.4 Å². The number of aromatic nitrogens is 2. The number of benzene rings is 1. The van der Waals surface area contributed by atoms with Crippen LogP contribution < -0.4 is 4.74 Å². The molecule has 33 heavy (non-hydrogen) atoms. The lowest BCUT2D eigenvalue weighted by atomic mass is 9.81. The molecule has 0 amide bonds. The molecule has 1 fully saturated rings. The van der Waals surface area contributed by atoms with E-state index in [1.807, 2.05) is 11.0 Å². The number of rotatable bonds is 7. The molecule has 8 heteroatoms. The summed E-state index contributed by atoms with van der Waals surface area (Å²) in [4.78, 5) is 22.1. The molecule has 1 N–H and O–H groups in total. The van der Waals surface area contributed by atoms with E-state index in [1.165, 1.54) is 12.6 Å². The molecule has 0 bridgehead atoms. The molecule has 0 saturated carbocycles. The van der Waals surface area contributed by atoms with Gasteiger partial charge in [0.25, 0.3) is 0 Å². The Morgan fingerprint density at radius 3 is 3.06 bits per heavy atom. The molecule has 7 nitrogen and oxygen atoms in total. The number of carboxylic acids is 1. The average molecular weight is 451 g/mol. The molecule has 4 rings (SSSR count). The van der Waals surface area contributed by atoms with Crippen LogP contribution in [0.3, 0.4) is 0 Å². The average Bonchev–Trinajstić information content (AvgIpc) is 3.35. The van der Waals surface area contributed by atoms with Gasteiger partial charge in [-0.05, 0) is 67.5 Å². The quantitative estimate of drug-likeness (QED) is 0.541. The highest BCUT2D eigenvalue weighted by Crippen LogP contribution is 2.35. The largest absolute Gasteiger partial charge is 0.497 e. The van der Waals surface area contributed by atoms with Gasteiger partial charge in [0, 0.05) is 18.1 Å². The first-order valence-corrected chi connectivity index (χ1v) is 10.9. The minimum atomic E-state index is -1.21. The Labute approximate surface area is 191 Å². The van der Waals surface area contributed by atoms with Crippen molar-refractivity contribution in [2.24, 2.45) is 11.8 Å². The number of fused-ring (bicyclic) bond motifs is 1. The first kappa shape index (κ1) is 22.7. The predicted molar refractivity (Wildman–Crippen MR) is 120 cm³/mol. The number of piperidine rings is 1. The van der Waals surface area contributed by atoms with Crippen LogP contribution >= 0.6 is 0 Å². The topological polar surface area (TPSA) is 88.7 Å². The van der Waals surface area contributed by atoms with Crippen molar-refractivity contribution in [1.29, 1.82) is 0 Å². The third kappa shape index (κ3) is 5.49. The monoisotopic (exact) mass is 451 g/mol. The summed E-state index contributed by atoms with van der Waals surface area (Å²) in [6.07, 6.45) is 4.71. The number of ether oxygens (including phenoxy) is 1. The van der Waals surface area contributed by atoms with Crippen LogP contribution in [0.5, 0.6) is 5.75 Å². The van der Waals surface area contributed by atoms with Crippen molar-refractivity contribution in [3.05, 3.63) is 54.4 Å². The summed E-state index contributed by atoms with van der Waals surface area (Å²) in [7, 11) is 1.57. The van der Waals surface area contributed by atoms with E-state index >= 15 is 4.39 Å². The fourth-order valence-electron chi connectivity index (χ4n) is 4.42. The van der Waals surface area contributed by atoms with Gasteiger partial charge in [-0.25, -0.2) is 9.37 Å². The summed E-state index contributed by atoms with van der Waals surface area (Å²) < 4.78 is 25.7. The molecule has 2 aromatic heterocycles. The number of methoxy groups -OCH3 is 1. The minimum absolute atomic E-state index is 0.0816. The smallest absolute Gasteiger partial charge is 0.308 e. The summed E-state index contributed by atoms with van der Waals surface area (Å²) in [5, 5.41) is 10.5. The zero-order valence-corrected chi connectivity index (χ0v) is 18.4. The maximum absolute atomic E-state index is 15.3. The van der Waals surface area contributed by atoms with E-state index in [4.69, 9.17) is 9.15 Å². The molecule has 1 unspecified atom stereocenters. The molecule has 0 spiro atoms. The third-order valence-corrected chi connectivity index (χ3v) is 6.21. The zero-order valence-electron chi connectivity index (χ0n) is 18.4. The van der Waals surface area contributed by atoms with Crippen molar-refractivity contribution in [2.75, 3.05) is 26.7 Å². The van der Waals surface area contributed by atoms with Gasteiger partial charge in [-0.15, -0.1) is 0 Å². The second-order valence-corrected chi connectivity index (χ2v) is 8.22. The van der Waals surface area contributed by atoms with E-state index in [1.54, 1.807) is 31.5 Å². The van der Waals surface area contributed by atoms with Crippen LogP contribution in [0.4, 0.5) is 4.39 Å². The number of hydrogen-bond acceptors (Lipinski definition) is 6. The van der Waals surface area contributed by atoms with Crippen molar-refractivity contribution < 1.29 is 23.4 Å². The van der Waals surface area contributed by atoms with Gasteiger partial charge in [0.15, 0.2) is 12.2 Å². The van der Waals surface area contributed by atoms with Crippen molar-refractivity contribution in [3.63, 3.8) is 0 Å². The van der Waals surface area contributed by atoms with Gasteiger partial charge in [-0.3, -0.25) is 14.7 Å². The number of oxazole rings is 1. The lowest BCUT2D eigenvalue weighted by Gasteiger charge is -2.35. The Bertz CT molecular complexity index is 1160. The number of carbonyl (C=O) groups is 1. The van der Waals surface area contributed by atoms with Crippen molar-refractivity contribution >= 4 is 16.9 Å². The number of carboxylic acid groups (broad SMARTS) is 1. The zero-order chi connectivity index (χ0) is 23.2. The van der Waals surface area contributed by atoms with Gasteiger partial charge in [-0.2, -0.15) is 0 Å². The van der Waals surface area contributed by atoms with E-state index in [0.29, 0.717) is 48.5 Å². The van der Waals surface area contributed by atoms with E-state index in [9.17, 15) is 9.90 Å². The molecule has 1 aromatic carbocycles. The fourth-order valence-corrected chi connectivity index (χ4v) is 4.42. The van der Waals surface area contributed by atoms with Crippen LogP contribution in [-0.2, 0) is 4.79 Å². The second kappa shape index (κ2) is 10.5. The molecule has 3 atom stereocenters. The van der Waals surface area contributed by atoms with E-state index in [-0.39, 0.29) is 12.3 Å². The van der Waals surface area contributed by atoms with Gasteiger partial charge in [0.2, 0.25) is 0 Å². The molecule has 3 heterocycles. The molecule has 1 aliphatic heterocycles. The Morgan fingerprint density at radius 1 is 1.42 bits per heavy atom. The van der Waals surface area contributed by atoms with Crippen LogP contribution in [0.2, 0.25) is 0 Å². The van der Waals surface area contributed by atoms with Crippen LogP contribution in [-0.4, -0.2) is 52.7 Å². The lowest BCUT2D eigenvalue weighted by molar-refractivity contribution is -0.146. The van der Waals surface area contributed by atoms with E-state index in [0.717, 1.165) is 11.9 Å². The fraction of sp³-hybridized carbons (Fsp3) is 0.400. The molecule has 0 aliphatic carbocycles. The first-order valence-electron chi connectivity index (χ1n) is 10.9. The first-order chi connectivity index (χ1) is 16.0. The molecule has 0 radical (unpaired) electrons. The molecular formula is C25H26FN3O4. The number of likely N-dealkylation sites (tertiary alicyclic amines) is 1. The predicted octanol–water partition coefficient (Wildman–Crippen LogP) is 4.10. The van der Waals surface area contributed by atoms with Gasteiger partial charge in [0.05, 0.1) is 31.3 Å². The molecular weight excluding hydrogens is 425 g/mol. The van der Waals surface area contributed by atoms with Gasteiger partial charge in [0.1, 0.15) is 11.9 Å². The molecule has 172 valence electrons. The van der Waals surface area contributed by atoms with Crippen LogP contribution in [0.25, 0.3) is 10.9 Å². The number of nitrogens with zero attached hydrogens (tertiary/aromatic N) is 3. The highest BCUT2D eigenvalue weighted by Gasteiger charge is 2.34. The SMILES string of the molecule is COc1ccc2nccc(C(F)CC[C@@H]3CCN(CC#Cc4cnco4)C[C@@H]3C(=O)O)c2c1. The van der Waals surface area contributed by atoms with Gasteiger partial charge in [-0.1, -0.05) is 5.92 Å². The number of halogens is 1. The number of hydrogen-bond donors (Lipinski definition) is 1. The maximum Gasteiger partial charge on any atom is 0.308 e. The maximum atomic E-state index is 15.3. The standard InChI is InChI=1S/C25H26FN3O4/c1-32-18-5-7-24-21(13-18)20(8-10-28-24)23(26)6-4-17-9-12-29(15-22(17)25(30)31)11-2-3-19-14-27-16-33-19/h5,7-8,10,13-14,16-17,22-23H,4,6,9,11-12,15H2,1H3,(H,30,31)/t17-,22+,23?/m1/s1. The minimum Gasteiger partial charge on any atom is -0.497 e. The highest BCUT2D eigenvalue weighted by molar-refractivity contribution is 5.83. The van der Waals surface area contributed by atoms with E-state index in [2.05, 4.69) is 21.8 Å². The second-order valence-electron chi connectivity index (χ2n) is 8.22. The van der Waals surface area contributed by atoms with Crippen molar-refractivity contribution in [3.8, 4) is 17.6 Å². The third-order valence-electron chi connectivity index (χ3n) is 6.21. The van der Waals surface area contributed by atoms with Crippen LogP contribution in [0.15, 0.2) is 47.5 Å². The Kier molecular flexibility index (Phi) is 7.20. The van der Waals surface area contributed by atoms with Gasteiger partial charge >= 0.3 is 5.97 Å². The Balaban J connectivity index is 1.38. The highest BCUT2D eigenvalue weighted by atomic mass is 19.1. The number of aliphatic carboxylic acids is 1. The lowest BCUT2D eigenvalue weighted by Crippen LogP contribution is -2.44. The Morgan fingerprint density at radius 2 is 2.30 bits per heavy atom. The summed E-state index contributed by atoms with van der Waals surface area (Å²) in [5.74, 6) is 5.53. The molecule has 1 aliphatic rings. The normalized spacial score (nSPS) is 19.6. The summed E-state index contributed by atoms with van der Waals surface area (Å²) in [6.45, 7) is 1.58. The van der Waals surface area contributed by atoms with Gasteiger partial charge < -0.3 is 14.3 Å². The number of pyridine rings is 1. The Hall–Kier alpha value is -3.44. The summed E-state index contributed by atoms with van der Waals surface area (Å²) in [6, 6.07) is 7.10. The van der Waals surface area contributed by atoms with Crippen LogP contribution in [0, 0.1) is 23.7 Å².